The third kappa shape index (κ3) is 5.54. The van der Waals surface area contributed by atoms with Gasteiger partial charge < -0.3 is 29.7 Å². The minimum absolute atomic E-state index is 0.0657. The third-order valence-corrected chi connectivity index (χ3v) is 8.38. The molecule has 3 aromatic rings. The molecular weight excluding hydrogens is 622 g/mol. The number of alkyl carbamates (subject to hydrolysis) is 1. The number of carbonyl (C=O) groups excluding carboxylic acids is 3. The molecule has 1 fully saturated rings. The molecule has 4 amide bonds. The van der Waals surface area contributed by atoms with Crippen LogP contribution in [0.3, 0.4) is 0 Å². The second-order valence-corrected chi connectivity index (χ2v) is 11.5. The van der Waals surface area contributed by atoms with Crippen molar-refractivity contribution in [3.8, 4) is 11.3 Å². The standard InChI is InChI=1S/C28H30BIN6O4/c1-16(2)24(33-27(38)40-3)26(37)36-15-35(28(39)34-12-18-5-4-6-21(30)20(18)13-34)14-23(36)25-31-11-22(32-25)17-7-9-19(29)10-8-17/h4-11,16,23-24H,12-15H2,1-3H3,(H,31,32)(H,33,38)/t23?,24-/m0/s1. The minimum Gasteiger partial charge on any atom is -0.453 e. The lowest BCUT2D eigenvalue weighted by Crippen LogP contribution is -2.52. The molecule has 2 aromatic carbocycles. The van der Waals surface area contributed by atoms with Crippen molar-refractivity contribution in [3.63, 3.8) is 0 Å². The molecule has 0 spiro atoms. The molecule has 2 N–H and O–H groups in total. The fourth-order valence-corrected chi connectivity index (χ4v) is 5.88. The van der Waals surface area contributed by atoms with Gasteiger partial charge in [-0.05, 0) is 51.3 Å². The number of H-pyrrole nitrogens is 1. The van der Waals surface area contributed by atoms with Gasteiger partial charge >= 0.3 is 12.1 Å². The molecule has 5 rings (SSSR count). The number of aromatic nitrogens is 2. The molecule has 2 aliphatic rings. The van der Waals surface area contributed by atoms with Crippen LogP contribution in [0.25, 0.3) is 11.3 Å². The van der Waals surface area contributed by atoms with Gasteiger partial charge in [0.05, 0.1) is 32.2 Å². The van der Waals surface area contributed by atoms with Crippen LogP contribution >= 0.6 is 22.6 Å². The summed E-state index contributed by atoms with van der Waals surface area (Å²) in [4.78, 5) is 52.7. The third-order valence-electron chi connectivity index (χ3n) is 7.37. The zero-order valence-corrected chi connectivity index (χ0v) is 24.7. The van der Waals surface area contributed by atoms with Gasteiger partial charge in [0.2, 0.25) is 5.91 Å². The van der Waals surface area contributed by atoms with Gasteiger partial charge in [-0.2, -0.15) is 0 Å². The summed E-state index contributed by atoms with van der Waals surface area (Å²) in [5, 5.41) is 2.66. The molecule has 3 heterocycles. The largest absolute Gasteiger partial charge is 0.453 e. The number of methoxy groups -OCH3 is 1. The normalized spacial score (nSPS) is 17.2. The molecule has 40 heavy (non-hydrogen) atoms. The Labute approximate surface area is 248 Å². The molecule has 2 radical (unpaired) electrons. The molecular formula is C28H30BIN6O4. The average Bonchev–Trinajstić information content (AvgIpc) is 3.69. The smallest absolute Gasteiger partial charge is 0.407 e. The summed E-state index contributed by atoms with van der Waals surface area (Å²) in [6.07, 6.45) is 1.02. The molecule has 1 aromatic heterocycles. The quantitative estimate of drug-likeness (QED) is 0.325. The molecule has 2 aliphatic heterocycles. The van der Waals surface area contributed by atoms with E-state index in [1.165, 1.54) is 7.11 Å². The van der Waals surface area contributed by atoms with Crippen LogP contribution in [-0.4, -0.2) is 76.9 Å². The average molecular weight is 652 g/mol. The maximum absolute atomic E-state index is 13.9. The number of imidazole rings is 1. The monoisotopic (exact) mass is 652 g/mol. The number of rotatable bonds is 5. The Bertz CT molecular complexity index is 1430. The molecule has 10 nitrogen and oxygen atoms in total. The molecule has 206 valence electrons. The zero-order chi connectivity index (χ0) is 28.6. The van der Waals surface area contributed by atoms with Gasteiger partial charge in [0.25, 0.3) is 0 Å². The zero-order valence-electron chi connectivity index (χ0n) is 22.6. The number of fused-ring (bicyclic) bond motifs is 1. The van der Waals surface area contributed by atoms with E-state index in [2.05, 4.69) is 37.9 Å². The van der Waals surface area contributed by atoms with E-state index in [0.29, 0.717) is 24.4 Å². The number of carbonyl (C=O) groups is 3. The Kier molecular flexibility index (Phi) is 8.06. The van der Waals surface area contributed by atoms with Gasteiger partial charge in [-0.3, -0.25) is 4.79 Å². The highest BCUT2D eigenvalue weighted by Crippen LogP contribution is 2.33. The number of nitrogens with one attached hydrogen (secondary N) is 2. The first-order valence-electron chi connectivity index (χ1n) is 13.0. The fourth-order valence-electron chi connectivity index (χ4n) is 5.15. The van der Waals surface area contributed by atoms with Gasteiger partial charge in [0.15, 0.2) is 0 Å². The van der Waals surface area contributed by atoms with E-state index < -0.39 is 18.2 Å². The van der Waals surface area contributed by atoms with E-state index in [-0.39, 0.29) is 31.1 Å². The van der Waals surface area contributed by atoms with Gasteiger partial charge in [0, 0.05) is 16.7 Å². The Balaban J connectivity index is 1.43. The summed E-state index contributed by atoms with van der Waals surface area (Å²) in [7, 11) is 7.10. The van der Waals surface area contributed by atoms with Gasteiger partial charge in [-0.15, -0.1) is 0 Å². The van der Waals surface area contributed by atoms with Crippen molar-refractivity contribution in [2.24, 2.45) is 5.92 Å². The number of hydrogen-bond donors (Lipinski definition) is 2. The number of benzene rings is 2. The van der Waals surface area contributed by atoms with Crippen LogP contribution in [0.5, 0.6) is 0 Å². The van der Waals surface area contributed by atoms with Crippen molar-refractivity contribution in [2.75, 3.05) is 20.3 Å². The molecule has 1 unspecified atom stereocenters. The highest BCUT2D eigenvalue weighted by atomic mass is 127. The maximum Gasteiger partial charge on any atom is 0.407 e. The van der Waals surface area contributed by atoms with Crippen LogP contribution in [0.2, 0.25) is 0 Å². The van der Waals surface area contributed by atoms with Crippen molar-refractivity contribution >= 4 is 53.9 Å². The summed E-state index contributed by atoms with van der Waals surface area (Å²) >= 11 is 2.30. The Morgan fingerprint density at radius 1 is 1.12 bits per heavy atom. The van der Waals surface area contributed by atoms with E-state index in [4.69, 9.17) is 12.6 Å². The van der Waals surface area contributed by atoms with E-state index in [1.807, 2.05) is 56.3 Å². The summed E-state index contributed by atoms with van der Waals surface area (Å²) in [6, 6.07) is 11.9. The Hall–Kier alpha value is -3.55. The van der Waals surface area contributed by atoms with E-state index in [1.54, 1.807) is 20.9 Å². The fraction of sp³-hybridized carbons (Fsp3) is 0.357. The molecule has 2 atom stereocenters. The molecule has 0 saturated carbocycles. The first-order chi connectivity index (χ1) is 19.2. The topological polar surface area (TPSA) is 111 Å². The van der Waals surface area contributed by atoms with Gasteiger partial charge in [-0.25, -0.2) is 14.6 Å². The number of hydrogen-bond acceptors (Lipinski definition) is 5. The van der Waals surface area contributed by atoms with Crippen molar-refractivity contribution in [1.82, 2.24) is 30.0 Å². The summed E-state index contributed by atoms with van der Waals surface area (Å²) < 4.78 is 5.89. The van der Waals surface area contributed by atoms with Gasteiger partial charge in [-0.1, -0.05) is 55.7 Å². The van der Waals surface area contributed by atoms with Crippen LogP contribution in [0.4, 0.5) is 9.59 Å². The first-order valence-corrected chi connectivity index (χ1v) is 14.1. The second kappa shape index (κ2) is 11.5. The van der Waals surface area contributed by atoms with Crippen LogP contribution in [0.1, 0.15) is 36.8 Å². The predicted molar refractivity (Wildman–Crippen MR) is 159 cm³/mol. The number of ether oxygens (including phenoxy) is 1. The maximum atomic E-state index is 13.9. The first kappa shape index (κ1) is 28.0. The molecule has 12 heteroatoms. The second-order valence-electron chi connectivity index (χ2n) is 10.4. The van der Waals surface area contributed by atoms with Crippen LogP contribution in [0, 0.1) is 9.49 Å². The highest BCUT2D eigenvalue weighted by Gasteiger charge is 2.43. The number of nitrogens with zero attached hydrogens (tertiary/aromatic N) is 4. The highest BCUT2D eigenvalue weighted by molar-refractivity contribution is 14.1. The SMILES string of the molecule is [B]c1ccc(-c2cnc(C3CN(C(=O)N4Cc5cccc(I)c5C4)CN3C(=O)[C@@H](NC(=O)OC)C(C)C)[nH]2)cc1. The predicted octanol–water partition coefficient (Wildman–Crippen LogP) is 3.13. The van der Waals surface area contributed by atoms with Crippen LogP contribution in [-0.2, 0) is 22.6 Å². The lowest BCUT2D eigenvalue weighted by molar-refractivity contribution is -0.135. The van der Waals surface area contributed by atoms with Crippen molar-refractivity contribution in [1.29, 1.82) is 0 Å². The number of halogens is 1. The van der Waals surface area contributed by atoms with Gasteiger partial charge in [0.1, 0.15) is 25.8 Å². The summed E-state index contributed by atoms with van der Waals surface area (Å²) in [5.41, 5.74) is 4.60. The molecule has 1 saturated heterocycles. The number of urea groups is 1. The number of amides is 4. The number of aromatic amines is 1. The summed E-state index contributed by atoms with van der Waals surface area (Å²) in [5.74, 6) is 0.0230. The lowest BCUT2D eigenvalue weighted by Gasteiger charge is -2.29. The van der Waals surface area contributed by atoms with Crippen LogP contribution < -0.4 is 10.8 Å². The Morgan fingerprint density at radius 2 is 1.88 bits per heavy atom. The van der Waals surface area contributed by atoms with E-state index in [9.17, 15) is 14.4 Å². The van der Waals surface area contributed by atoms with Crippen molar-refractivity contribution in [3.05, 3.63) is 69.2 Å². The van der Waals surface area contributed by atoms with Crippen molar-refractivity contribution in [2.45, 2.75) is 39.0 Å². The van der Waals surface area contributed by atoms with E-state index >= 15 is 0 Å². The molecule has 0 aliphatic carbocycles. The Morgan fingerprint density at radius 3 is 2.55 bits per heavy atom. The molecule has 0 bridgehead atoms. The minimum atomic E-state index is -0.839. The van der Waals surface area contributed by atoms with Crippen LogP contribution in [0.15, 0.2) is 48.7 Å². The summed E-state index contributed by atoms with van der Waals surface area (Å²) in [6.45, 7) is 5.05. The van der Waals surface area contributed by atoms with Crippen molar-refractivity contribution < 1.29 is 19.1 Å². The van der Waals surface area contributed by atoms with E-state index in [0.717, 1.165) is 26.0 Å². The lowest BCUT2D eigenvalue weighted by atomic mass is 9.95.